The maximum Gasteiger partial charge on any atom is 0.417 e. The molecule has 0 aliphatic rings. The molecule has 0 amide bonds. The second kappa shape index (κ2) is 3.32. The van der Waals surface area contributed by atoms with E-state index in [1.807, 2.05) is 0 Å². The van der Waals surface area contributed by atoms with Crippen LogP contribution in [-0.4, -0.2) is 11.2 Å². The molecule has 0 bridgehead atoms. The number of nitrogens with two attached hydrogens (primary N) is 1. The van der Waals surface area contributed by atoms with Gasteiger partial charge in [0.1, 0.15) is 0 Å². The highest BCUT2D eigenvalue weighted by atomic mass is 19.4. The number of nitrogen functional groups attached to an aromatic ring is 1. The van der Waals surface area contributed by atoms with Gasteiger partial charge in [-0.3, -0.25) is 4.98 Å². The molecule has 0 saturated heterocycles. The van der Waals surface area contributed by atoms with Crippen molar-refractivity contribution in [3.8, 4) is 0 Å². The number of pyridine rings is 1. The number of anilines is 1. The zero-order valence-corrected chi connectivity index (χ0v) is 7.52. The van der Waals surface area contributed by atoms with Crippen LogP contribution in [0.3, 0.4) is 0 Å². The van der Waals surface area contributed by atoms with Gasteiger partial charge < -0.3 is 5.73 Å². The van der Waals surface area contributed by atoms with Gasteiger partial charge in [-0.2, -0.15) is 13.2 Å². The Morgan fingerprint density at radius 1 is 1.50 bits per heavy atom. The van der Waals surface area contributed by atoms with Crippen LogP contribution in [0.4, 0.5) is 18.9 Å². The molecule has 14 heavy (non-hydrogen) atoms. The summed E-state index contributed by atoms with van der Waals surface area (Å²) < 4.78 is 36.8. The summed E-state index contributed by atoms with van der Waals surface area (Å²) in [5.74, 6) is 0. The quantitative estimate of drug-likeness (QED) is 0.760. The van der Waals surface area contributed by atoms with Gasteiger partial charge in [-0.25, -0.2) is 0 Å². The van der Waals surface area contributed by atoms with E-state index in [1.54, 1.807) is 13.0 Å². The number of nitrogens with zero attached hydrogens (tertiary/aromatic N) is 1. The lowest BCUT2D eigenvalue weighted by Gasteiger charge is -2.12. The third-order valence-corrected chi connectivity index (χ3v) is 1.84. The summed E-state index contributed by atoms with van der Waals surface area (Å²) in [6, 6.07) is 1.54. The molecule has 0 aromatic carbocycles. The minimum absolute atomic E-state index is 0.0230. The zero-order valence-electron chi connectivity index (χ0n) is 7.52. The van der Waals surface area contributed by atoms with Crippen LogP contribution < -0.4 is 5.73 Å². The zero-order chi connectivity index (χ0) is 10.9. The van der Waals surface area contributed by atoms with Gasteiger partial charge in [-0.1, -0.05) is 6.58 Å². The molecule has 0 fully saturated rings. The van der Waals surface area contributed by atoms with E-state index in [4.69, 9.17) is 5.73 Å². The van der Waals surface area contributed by atoms with Crippen molar-refractivity contribution in [2.45, 2.75) is 13.1 Å². The molecule has 0 atom stereocenters. The molecule has 76 valence electrons. The predicted molar refractivity (Wildman–Crippen MR) is 48.5 cm³/mol. The molecule has 1 aromatic rings. The summed E-state index contributed by atoms with van der Waals surface area (Å²) in [5.41, 5.74) is 4.73. The topological polar surface area (TPSA) is 38.9 Å². The lowest BCUT2D eigenvalue weighted by Crippen LogP contribution is -2.13. The minimum atomic E-state index is -4.49. The molecular weight excluding hydrogens is 193 g/mol. The van der Waals surface area contributed by atoms with Crippen LogP contribution in [0.15, 0.2) is 18.8 Å². The summed E-state index contributed by atoms with van der Waals surface area (Å²) in [4.78, 5) is 3.56. The molecule has 0 unspecified atom stereocenters. The van der Waals surface area contributed by atoms with Crippen LogP contribution in [0.5, 0.6) is 0 Å². The summed E-state index contributed by atoms with van der Waals surface area (Å²) in [5, 5.41) is 0. The molecular formula is C9H9F3N2. The molecule has 0 aliphatic heterocycles. The highest BCUT2D eigenvalue weighted by Crippen LogP contribution is 2.34. The van der Waals surface area contributed by atoms with E-state index in [1.165, 1.54) is 6.20 Å². The van der Waals surface area contributed by atoms with E-state index < -0.39 is 11.7 Å². The van der Waals surface area contributed by atoms with Crippen molar-refractivity contribution in [1.29, 1.82) is 0 Å². The van der Waals surface area contributed by atoms with Crippen molar-refractivity contribution in [2.75, 3.05) is 5.73 Å². The predicted octanol–water partition coefficient (Wildman–Crippen LogP) is 2.55. The average molecular weight is 202 g/mol. The molecule has 1 rings (SSSR count). The maximum absolute atomic E-state index is 12.3. The summed E-state index contributed by atoms with van der Waals surface area (Å²) >= 11 is 0. The Morgan fingerprint density at radius 3 is 2.57 bits per heavy atom. The standard InChI is InChI=1S/C9H9F3N2/c1-5-3-4-14-8(7(5)13)6(2)9(10,11)12/h3-4H,2,13H2,1H3. The van der Waals surface area contributed by atoms with Gasteiger partial charge in [0.25, 0.3) is 0 Å². The Kier molecular flexibility index (Phi) is 2.51. The number of alkyl halides is 3. The fraction of sp³-hybridized carbons (Fsp3) is 0.222. The molecule has 0 spiro atoms. The first-order valence-electron chi connectivity index (χ1n) is 3.81. The normalized spacial score (nSPS) is 11.4. The lowest BCUT2D eigenvalue weighted by atomic mass is 10.1. The van der Waals surface area contributed by atoms with E-state index in [0.717, 1.165) is 0 Å². The van der Waals surface area contributed by atoms with Crippen molar-refractivity contribution in [3.05, 3.63) is 30.1 Å². The third-order valence-electron chi connectivity index (χ3n) is 1.84. The molecule has 0 radical (unpaired) electrons. The summed E-state index contributed by atoms with van der Waals surface area (Å²) in [6.07, 6.45) is -3.22. The Morgan fingerprint density at radius 2 is 2.07 bits per heavy atom. The highest BCUT2D eigenvalue weighted by molar-refractivity contribution is 5.75. The first-order valence-corrected chi connectivity index (χ1v) is 3.81. The fourth-order valence-corrected chi connectivity index (χ4v) is 0.944. The highest BCUT2D eigenvalue weighted by Gasteiger charge is 2.34. The number of rotatable bonds is 1. The Bertz CT molecular complexity index is 369. The van der Waals surface area contributed by atoms with Crippen molar-refractivity contribution in [3.63, 3.8) is 0 Å². The van der Waals surface area contributed by atoms with Crippen LogP contribution >= 0.6 is 0 Å². The van der Waals surface area contributed by atoms with Gasteiger partial charge in [-0.15, -0.1) is 0 Å². The van der Waals surface area contributed by atoms with Gasteiger partial charge in [0.05, 0.1) is 17.0 Å². The number of hydrogen-bond acceptors (Lipinski definition) is 2. The number of aryl methyl sites for hydroxylation is 1. The van der Waals surface area contributed by atoms with Crippen LogP contribution in [0.25, 0.3) is 5.57 Å². The Hall–Kier alpha value is -1.52. The SMILES string of the molecule is C=C(c1nccc(C)c1N)C(F)(F)F. The molecule has 0 aliphatic carbocycles. The van der Waals surface area contributed by atoms with E-state index in [2.05, 4.69) is 11.6 Å². The van der Waals surface area contributed by atoms with Gasteiger partial charge in [0, 0.05) is 6.20 Å². The summed E-state index contributed by atoms with van der Waals surface area (Å²) in [7, 11) is 0. The average Bonchev–Trinajstić information content (AvgIpc) is 2.07. The first kappa shape index (κ1) is 10.6. The van der Waals surface area contributed by atoms with Gasteiger partial charge in [0.2, 0.25) is 0 Å². The van der Waals surface area contributed by atoms with Gasteiger partial charge >= 0.3 is 6.18 Å². The van der Waals surface area contributed by atoms with Crippen molar-refractivity contribution in [1.82, 2.24) is 4.98 Å². The first-order chi connectivity index (χ1) is 6.34. The number of allylic oxidation sites excluding steroid dienone is 1. The second-order valence-corrected chi connectivity index (χ2v) is 2.87. The molecule has 0 saturated carbocycles. The summed E-state index contributed by atoms with van der Waals surface area (Å²) in [6.45, 7) is 4.55. The molecule has 5 heteroatoms. The van der Waals surface area contributed by atoms with Crippen molar-refractivity contribution >= 4 is 11.3 Å². The van der Waals surface area contributed by atoms with Crippen LogP contribution in [0, 0.1) is 6.92 Å². The largest absolute Gasteiger partial charge is 0.417 e. The van der Waals surface area contributed by atoms with E-state index in [9.17, 15) is 13.2 Å². The molecule has 1 heterocycles. The smallest absolute Gasteiger partial charge is 0.397 e. The second-order valence-electron chi connectivity index (χ2n) is 2.87. The van der Waals surface area contributed by atoms with Gasteiger partial charge in [-0.05, 0) is 18.6 Å². The van der Waals surface area contributed by atoms with E-state index in [0.29, 0.717) is 5.56 Å². The lowest BCUT2D eigenvalue weighted by molar-refractivity contribution is -0.0688. The Labute approximate surface area is 79.3 Å². The van der Waals surface area contributed by atoms with Crippen LogP contribution in [0.1, 0.15) is 11.3 Å². The molecule has 2 N–H and O–H groups in total. The van der Waals surface area contributed by atoms with Crippen molar-refractivity contribution in [2.24, 2.45) is 0 Å². The van der Waals surface area contributed by atoms with Crippen LogP contribution in [-0.2, 0) is 0 Å². The Balaban J connectivity index is 3.21. The van der Waals surface area contributed by atoms with Crippen molar-refractivity contribution < 1.29 is 13.2 Å². The van der Waals surface area contributed by atoms with E-state index in [-0.39, 0.29) is 11.4 Å². The van der Waals surface area contributed by atoms with E-state index >= 15 is 0 Å². The minimum Gasteiger partial charge on any atom is -0.397 e. The van der Waals surface area contributed by atoms with Crippen LogP contribution in [0.2, 0.25) is 0 Å². The number of aromatic nitrogens is 1. The number of halogens is 3. The number of hydrogen-bond donors (Lipinski definition) is 1. The van der Waals surface area contributed by atoms with Gasteiger partial charge in [0.15, 0.2) is 0 Å². The monoisotopic (exact) mass is 202 g/mol. The third kappa shape index (κ3) is 1.86. The molecule has 2 nitrogen and oxygen atoms in total. The molecule has 1 aromatic heterocycles. The maximum atomic E-state index is 12.3. The fourth-order valence-electron chi connectivity index (χ4n) is 0.944.